The Morgan fingerprint density at radius 2 is 1.83 bits per heavy atom. The van der Waals surface area contributed by atoms with Crippen LogP contribution in [0.5, 0.6) is 5.88 Å². The third-order valence-electron chi connectivity index (χ3n) is 5.58. The first-order valence-corrected chi connectivity index (χ1v) is 10.2. The molecule has 6 nitrogen and oxygen atoms in total. The summed E-state index contributed by atoms with van der Waals surface area (Å²) in [5, 5.41) is 13.3. The lowest BCUT2D eigenvalue weighted by Gasteiger charge is -2.39. The van der Waals surface area contributed by atoms with E-state index in [1.54, 1.807) is 0 Å². The van der Waals surface area contributed by atoms with Crippen LogP contribution in [0.4, 0.5) is 5.82 Å². The zero-order valence-corrected chi connectivity index (χ0v) is 17.5. The van der Waals surface area contributed by atoms with E-state index in [1.165, 1.54) is 0 Å². The van der Waals surface area contributed by atoms with Gasteiger partial charge in [0, 0.05) is 11.5 Å². The zero-order valence-electron chi connectivity index (χ0n) is 15.9. The minimum Gasteiger partial charge on any atom is -0.469 e. The average Bonchev–Trinajstić information content (AvgIpc) is 2.72. The molecule has 0 amide bonds. The number of nitrogens with zero attached hydrogens (tertiary/aromatic N) is 4. The van der Waals surface area contributed by atoms with E-state index < -0.39 is 0 Å². The fourth-order valence-electron chi connectivity index (χ4n) is 3.95. The summed E-state index contributed by atoms with van der Waals surface area (Å²) in [6.07, 6.45) is 2.22. The van der Waals surface area contributed by atoms with E-state index in [0.29, 0.717) is 17.0 Å². The number of pyridine rings is 1. The Kier molecular flexibility index (Phi) is 6.04. The number of nitrogens with one attached hydrogen (secondary N) is 1. The number of hydrogen-bond acceptors (Lipinski definition) is 6. The number of benzene rings is 1. The number of fused-ring (bicyclic) bond motifs is 1. The standard InChI is InChI=1S/C21H22ClN5O.ClH/c22-21-17(14-7-9-23-10-8-14)11-20(25-26-21)28-16-12-27(13-16)19-6-5-15-3-1-2-4-18(15)24-19;/h1-6,11,14,16,23H,7-10,12-13H2;1H. The molecule has 1 N–H and O–H groups in total. The van der Waals surface area contributed by atoms with Crippen LogP contribution in [-0.4, -0.2) is 47.5 Å². The van der Waals surface area contributed by atoms with E-state index >= 15 is 0 Å². The van der Waals surface area contributed by atoms with Gasteiger partial charge in [0.15, 0.2) is 5.15 Å². The van der Waals surface area contributed by atoms with Gasteiger partial charge in [-0.2, -0.15) is 0 Å². The molecule has 29 heavy (non-hydrogen) atoms. The summed E-state index contributed by atoms with van der Waals surface area (Å²) in [7, 11) is 0. The molecule has 0 saturated carbocycles. The molecule has 0 aliphatic carbocycles. The van der Waals surface area contributed by atoms with Gasteiger partial charge in [-0.1, -0.05) is 29.8 Å². The van der Waals surface area contributed by atoms with Crippen LogP contribution in [0.15, 0.2) is 42.5 Å². The summed E-state index contributed by atoms with van der Waals surface area (Å²) in [4.78, 5) is 6.96. The summed E-state index contributed by atoms with van der Waals surface area (Å²) in [5.41, 5.74) is 2.07. The summed E-state index contributed by atoms with van der Waals surface area (Å²) < 4.78 is 6.06. The first-order chi connectivity index (χ1) is 13.8. The molecule has 0 radical (unpaired) electrons. The highest BCUT2D eigenvalue weighted by atomic mass is 35.5. The Balaban J connectivity index is 0.00000205. The molecule has 2 fully saturated rings. The summed E-state index contributed by atoms with van der Waals surface area (Å²) >= 11 is 6.30. The van der Waals surface area contributed by atoms with Crippen LogP contribution in [-0.2, 0) is 0 Å². The monoisotopic (exact) mass is 431 g/mol. The molecule has 152 valence electrons. The molecule has 0 bridgehead atoms. The highest BCUT2D eigenvalue weighted by Crippen LogP contribution is 2.32. The van der Waals surface area contributed by atoms with Crippen molar-refractivity contribution in [3.8, 4) is 5.88 Å². The Hall–Kier alpha value is -2.15. The lowest BCUT2D eigenvalue weighted by Crippen LogP contribution is -2.54. The van der Waals surface area contributed by atoms with Crippen molar-refractivity contribution in [3.63, 3.8) is 0 Å². The first-order valence-electron chi connectivity index (χ1n) is 9.77. The minimum atomic E-state index is 0. The van der Waals surface area contributed by atoms with E-state index in [9.17, 15) is 0 Å². The lowest BCUT2D eigenvalue weighted by molar-refractivity contribution is 0.158. The molecule has 1 aromatic carbocycles. The normalized spacial score (nSPS) is 17.6. The van der Waals surface area contributed by atoms with Crippen molar-refractivity contribution in [2.45, 2.75) is 24.9 Å². The number of aromatic nitrogens is 3. The van der Waals surface area contributed by atoms with Gasteiger partial charge in [0.25, 0.3) is 0 Å². The highest BCUT2D eigenvalue weighted by molar-refractivity contribution is 6.30. The molecule has 2 saturated heterocycles. The molecule has 0 unspecified atom stereocenters. The number of ether oxygens (including phenoxy) is 1. The predicted molar refractivity (Wildman–Crippen MR) is 118 cm³/mol. The number of anilines is 1. The van der Waals surface area contributed by atoms with Gasteiger partial charge < -0.3 is 15.0 Å². The maximum Gasteiger partial charge on any atom is 0.234 e. The van der Waals surface area contributed by atoms with Crippen molar-refractivity contribution in [2.24, 2.45) is 0 Å². The molecular formula is C21H23Cl2N5O. The van der Waals surface area contributed by atoms with Gasteiger partial charge in [-0.3, -0.25) is 0 Å². The number of rotatable bonds is 4. The van der Waals surface area contributed by atoms with E-state index in [4.69, 9.17) is 21.3 Å². The minimum absolute atomic E-state index is 0. The lowest BCUT2D eigenvalue weighted by atomic mass is 9.91. The number of halogens is 2. The SMILES string of the molecule is Cl.Clc1nnc(OC2CN(c3ccc4ccccc4n3)C2)cc1C1CCNCC1. The van der Waals surface area contributed by atoms with E-state index in [-0.39, 0.29) is 18.5 Å². The Labute approximate surface area is 181 Å². The fraction of sp³-hybridized carbons (Fsp3) is 0.381. The molecule has 0 spiro atoms. The van der Waals surface area contributed by atoms with Gasteiger partial charge in [-0.15, -0.1) is 22.6 Å². The fourth-order valence-corrected chi connectivity index (χ4v) is 4.20. The quantitative estimate of drug-likeness (QED) is 0.676. The molecular weight excluding hydrogens is 409 g/mol. The Morgan fingerprint density at radius 1 is 1.03 bits per heavy atom. The van der Waals surface area contributed by atoms with E-state index in [0.717, 1.165) is 61.3 Å². The Bertz CT molecular complexity index is 990. The maximum absolute atomic E-state index is 6.30. The largest absolute Gasteiger partial charge is 0.469 e. The smallest absolute Gasteiger partial charge is 0.234 e. The van der Waals surface area contributed by atoms with Crippen LogP contribution >= 0.6 is 24.0 Å². The molecule has 2 aromatic heterocycles. The number of piperidine rings is 1. The summed E-state index contributed by atoms with van der Waals surface area (Å²) in [6, 6.07) is 14.3. The van der Waals surface area contributed by atoms with Crippen molar-refractivity contribution in [1.82, 2.24) is 20.5 Å². The topological polar surface area (TPSA) is 63.2 Å². The van der Waals surface area contributed by atoms with Gasteiger partial charge in [-0.25, -0.2) is 4.98 Å². The van der Waals surface area contributed by atoms with Crippen molar-refractivity contribution in [1.29, 1.82) is 0 Å². The van der Waals surface area contributed by atoms with Gasteiger partial charge >= 0.3 is 0 Å². The molecule has 4 heterocycles. The third kappa shape index (κ3) is 4.25. The van der Waals surface area contributed by atoms with Crippen molar-refractivity contribution < 1.29 is 4.74 Å². The van der Waals surface area contributed by atoms with Crippen molar-refractivity contribution in [3.05, 3.63) is 53.2 Å². The third-order valence-corrected chi connectivity index (χ3v) is 5.87. The van der Waals surface area contributed by atoms with Gasteiger partial charge in [0.1, 0.15) is 11.9 Å². The molecule has 5 rings (SSSR count). The van der Waals surface area contributed by atoms with Crippen molar-refractivity contribution in [2.75, 3.05) is 31.1 Å². The first kappa shape index (κ1) is 20.1. The average molecular weight is 432 g/mol. The molecule has 3 aromatic rings. The van der Waals surface area contributed by atoms with Gasteiger partial charge in [0.2, 0.25) is 5.88 Å². The second-order valence-corrected chi connectivity index (χ2v) is 7.82. The number of para-hydroxylation sites is 1. The van der Waals surface area contributed by atoms with Crippen LogP contribution in [0.2, 0.25) is 5.15 Å². The van der Waals surface area contributed by atoms with Crippen LogP contribution in [0, 0.1) is 0 Å². The maximum atomic E-state index is 6.30. The molecule has 2 aliphatic heterocycles. The van der Waals surface area contributed by atoms with Crippen molar-refractivity contribution >= 4 is 40.7 Å². The zero-order chi connectivity index (χ0) is 18.9. The van der Waals surface area contributed by atoms with E-state index in [2.05, 4.69) is 38.6 Å². The molecule has 0 atom stereocenters. The summed E-state index contributed by atoms with van der Waals surface area (Å²) in [6.45, 7) is 3.60. The Morgan fingerprint density at radius 3 is 2.66 bits per heavy atom. The molecule has 2 aliphatic rings. The van der Waals surface area contributed by atoms with Crippen LogP contribution < -0.4 is 15.0 Å². The van der Waals surface area contributed by atoms with Crippen LogP contribution in [0.25, 0.3) is 10.9 Å². The second-order valence-electron chi connectivity index (χ2n) is 7.46. The van der Waals surface area contributed by atoms with Crippen LogP contribution in [0.1, 0.15) is 24.3 Å². The predicted octanol–water partition coefficient (Wildman–Crippen LogP) is 3.83. The summed E-state index contributed by atoms with van der Waals surface area (Å²) in [5.74, 6) is 1.97. The van der Waals surface area contributed by atoms with E-state index in [1.807, 2.05) is 24.3 Å². The highest BCUT2D eigenvalue weighted by Gasteiger charge is 2.30. The van der Waals surface area contributed by atoms with Gasteiger partial charge in [0.05, 0.1) is 18.6 Å². The van der Waals surface area contributed by atoms with Crippen LogP contribution in [0.3, 0.4) is 0 Å². The second kappa shape index (κ2) is 8.69. The molecule has 8 heteroatoms. The van der Waals surface area contributed by atoms with Gasteiger partial charge in [-0.05, 0) is 55.6 Å². The number of hydrogen-bond donors (Lipinski definition) is 1.